The molecular formula is C27H42N2O7S3. The SMILES string of the molecule is CC(C)(C)OC(N)=O.CCOC(=O)CNC(=O)CCc1cc(SCCO)cc(SCCO)c1.Cc1cccs1. The Morgan fingerprint density at radius 1 is 1.05 bits per heavy atom. The Balaban J connectivity index is 0.000000833. The van der Waals surface area contributed by atoms with E-state index in [0.717, 1.165) is 15.4 Å². The Kier molecular flexibility index (Phi) is 20.3. The van der Waals surface area contributed by atoms with Crippen molar-refractivity contribution in [3.05, 3.63) is 46.2 Å². The maximum absolute atomic E-state index is 11.8. The number of carbonyl (C=O) groups is 3. The topological polar surface area (TPSA) is 148 Å². The molecule has 2 amide bonds. The molecule has 0 saturated carbocycles. The molecule has 0 atom stereocenters. The molecule has 9 nitrogen and oxygen atoms in total. The van der Waals surface area contributed by atoms with Gasteiger partial charge >= 0.3 is 12.1 Å². The van der Waals surface area contributed by atoms with E-state index in [-0.39, 0.29) is 32.1 Å². The second-order valence-electron chi connectivity index (χ2n) is 8.80. The molecule has 1 aromatic heterocycles. The molecule has 0 spiro atoms. The highest BCUT2D eigenvalue weighted by Gasteiger charge is 2.12. The smallest absolute Gasteiger partial charge is 0.405 e. The van der Waals surface area contributed by atoms with Gasteiger partial charge in [-0.1, -0.05) is 6.07 Å². The number of primary amides is 1. The predicted molar refractivity (Wildman–Crippen MR) is 160 cm³/mol. The molecule has 0 fully saturated rings. The fourth-order valence-corrected chi connectivity index (χ4v) is 4.81. The lowest BCUT2D eigenvalue weighted by Crippen LogP contribution is -2.30. The van der Waals surface area contributed by atoms with Crippen LogP contribution in [-0.4, -0.2) is 71.7 Å². The number of benzene rings is 1. The molecule has 0 aliphatic heterocycles. The van der Waals surface area contributed by atoms with E-state index in [9.17, 15) is 14.4 Å². The lowest BCUT2D eigenvalue weighted by Gasteiger charge is -2.16. The number of thiophene rings is 1. The highest BCUT2D eigenvalue weighted by Crippen LogP contribution is 2.27. The largest absolute Gasteiger partial charge is 0.465 e. The van der Waals surface area contributed by atoms with Gasteiger partial charge in [0, 0.05) is 32.6 Å². The molecule has 0 radical (unpaired) electrons. The third-order valence-corrected chi connectivity index (χ3v) is 6.82. The van der Waals surface area contributed by atoms with E-state index >= 15 is 0 Å². The van der Waals surface area contributed by atoms with Gasteiger partial charge in [-0.25, -0.2) is 4.79 Å². The molecule has 2 rings (SSSR count). The molecule has 0 aliphatic rings. The van der Waals surface area contributed by atoms with Crippen LogP contribution < -0.4 is 11.1 Å². The molecule has 0 saturated heterocycles. The fraction of sp³-hybridized carbons (Fsp3) is 0.519. The van der Waals surface area contributed by atoms with Gasteiger partial charge in [0.1, 0.15) is 12.1 Å². The first-order chi connectivity index (χ1) is 18.4. The normalized spacial score (nSPS) is 10.3. The van der Waals surface area contributed by atoms with Crippen LogP contribution in [0.3, 0.4) is 0 Å². The van der Waals surface area contributed by atoms with Gasteiger partial charge in [0.2, 0.25) is 5.91 Å². The zero-order chi connectivity index (χ0) is 29.7. The number of esters is 1. The zero-order valence-electron chi connectivity index (χ0n) is 23.4. The number of amides is 2. The van der Waals surface area contributed by atoms with Gasteiger partial charge in [0.15, 0.2) is 0 Å². The van der Waals surface area contributed by atoms with Crippen molar-refractivity contribution in [2.24, 2.45) is 5.73 Å². The van der Waals surface area contributed by atoms with Crippen molar-refractivity contribution in [1.82, 2.24) is 5.32 Å². The summed E-state index contributed by atoms with van der Waals surface area (Å²) in [7, 11) is 0. The summed E-state index contributed by atoms with van der Waals surface area (Å²) in [4.78, 5) is 36.5. The van der Waals surface area contributed by atoms with Crippen LogP contribution in [0, 0.1) is 6.92 Å². The van der Waals surface area contributed by atoms with E-state index in [0.29, 0.717) is 24.5 Å². The summed E-state index contributed by atoms with van der Waals surface area (Å²) in [5, 5.41) is 22.6. The molecule has 12 heteroatoms. The molecule has 1 aromatic carbocycles. The van der Waals surface area contributed by atoms with E-state index in [1.54, 1.807) is 62.6 Å². The average Bonchev–Trinajstić information content (AvgIpc) is 3.34. The first-order valence-electron chi connectivity index (χ1n) is 12.4. The van der Waals surface area contributed by atoms with E-state index < -0.39 is 17.7 Å². The van der Waals surface area contributed by atoms with Crippen molar-refractivity contribution in [3.8, 4) is 0 Å². The van der Waals surface area contributed by atoms with Crippen molar-refractivity contribution in [1.29, 1.82) is 0 Å². The maximum atomic E-state index is 11.8. The van der Waals surface area contributed by atoms with Crippen LogP contribution >= 0.6 is 34.9 Å². The lowest BCUT2D eigenvalue weighted by atomic mass is 10.1. The fourth-order valence-electron chi connectivity index (χ4n) is 2.66. The Morgan fingerprint density at radius 3 is 2.00 bits per heavy atom. The number of thioether (sulfide) groups is 2. The van der Waals surface area contributed by atoms with Crippen molar-refractivity contribution < 1.29 is 34.1 Å². The van der Waals surface area contributed by atoms with Gasteiger partial charge in [-0.05, 0) is 76.2 Å². The second kappa shape index (κ2) is 21.6. The maximum Gasteiger partial charge on any atom is 0.405 e. The first-order valence-corrected chi connectivity index (χ1v) is 15.3. The zero-order valence-corrected chi connectivity index (χ0v) is 25.8. The minimum atomic E-state index is -0.725. The summed E-state index contributed by atoms with van der Waals surface area (Å²) in [5.41, 5.74) is 5.27. The van der Waals surface area contributed by atoms with Crippen molar-refractivity contribution in [2.75, 3.05) is 37.9 Å². The summed E-state index contributed by atoms with van der Waals surface area (Å²) in [6.07, 6.45) is 0.101. The van der Waals surface area contributed by atoms with E-state index in [1.807, 2.05) is 18.2 Å². The number of aliphatic hydroxyl groups is 2. The standard InChI is InChI=1S/C17H25NO5S2.C5H11NO2.C5H6S/c1-2-23-17(22)12-18-16(21)4-3-13-9-14(24-7-5-19)11-15(10-13)25-8-6-20;1-5(2,3)8-4(6)7;1-5-3-2-4-6-5/h9-11,19-20H,2-8,12H2,1H3,(H,18,21);1-3H3,(H2,6,7);2-4H,1H3. The summed E-state index contributed by atoms with van der Waals surface area (Å²) >= 11 is 4.87. The monoisotopic (exact) mass is 602 g/mol. The third-order valence-electron chi connectivity index (χ3n) is 4.11. The van der Waals surface area contributed by atoms with Crippen LogP contribution in [-0.2, 0) is 25.5 Å². The third kappa shape index (κ3) is 22.3. The molecule has 5 N–H and O–H groups in total. The molecule has 1 heterocycles. The highest BCUT2D eigenvalue weighted by molar-refractivity contribution is 8.00. The number of rotatable bonds is 12. The number of carbonyl (C=O) groups excluding carboxylic acids is 3. The van der Waals surface area contributed by atoms with E-state index in [1.165, 1.54) is 4.88 Å². The van der Waals surface area contributed by atoms with Crippen molar-refractivity contribution >= 4 is 52.8 Å². The van der Waals surface area contributed by atoms with Gasteiger partial charge in [0.05, 0.1) is 19.8 Å². The number of nitrogens with two attached hydrogens (primary N) is 1. The first kappa shape index (κ1) is 36.8. The molecule has 220 valence electrons. The van der Waals surface area contributed by atoms with Crippen LogP contribution in [0.25, 0.3) is 0 Å². The molecule has 39 heavy (non-hydrogen) atoms. The van der Waals surface area contributed by atoms with E-state index in [4.69, 9.17) is 20.7 Å². The van der Waals surface area contributed by atoms with Crippen molar-refractivity contribution in [2.45, 2.75) is 62.9 Å². The van der Waals surface area contributed by atoms with Crippen LogP contribution in [0.2, 0.25) is 0 Å². The molecule has 0 unspecified atom stereocenters. The Hall–Kier alpha value is -2.25. The Morgan fingerprint density at radius 2 is 1.64 bits per heavy atom. The molecular weight excluding hydrogens is 561 g/mol. The minimum Gasteiger partial charge on any atom is -0.465 e. The Labute approximate surface area is 244 Å². The number of hydrogen-bond donors (Lipinski definition) is 4. The van der Waals surface area contributed by atoms with Gasteiger partial charge in [-0.15, -0.1) is 34.9 Å². The number of nitrogens with one attached hydrogen (secondary N) is 1. The summed E-state index contributed by atoms with van der Waals surface area (Å²) < 4.78 is 9.34. The predicted octanol–water partition coefficient (Wildman–Crippen LogP) is 4.40. The van der Waals surface area contributed by atoms with Crippen LogP contribution in [0.1, 0.15) is 44.6 Å². The average molecular weight is 603 g/mol. The van der Waals surface area contributed by atoms with E-state index in [2.05, 4.69) is 34.5 Å². The number of hydrogen-bond acceptors (Lipinski definition) is 10. The Bertz CT molecular complexity index is 939. The van der Waals surface area contributed by atoms with Crippen LogP contribution in [0.15, 0.2) is 45.5 Å². The number of aryl methyl sites for hydroxylation is 2. The van der Waals surface area contributed by atoms with Crippen LogP contribution in [0.4, 0.5) is 4.79 Å². The second-order valence-corrected chi connectivity index (χ2v) is 12.3. The summed E-state index contributed by atoms with van der Waals surface area (Å²) in [6.45, 7) is 9.48. The quantitative estimate of drug-likeness (QED) is 0.205. The van der Waals surface area contributed by atoms with Gasteiger partial charge < -0.3 is 30.7 Å². The highest BCUT2D eigenvalue weighted by atomic mass is 32.2. The van der Waals surface area contributed by atoms with Gasteiger partial charge in [0.25, 0.3) is 0 Å². The summed E-state index contributed by atoms with van der Waals surface area (Å²) in [5.74, 6) is 0.563. The van der Waals surface area contributed by atoms with Crippen molar-refractivity contribution in [3.63, 3.8) is 0 Å². The number of aliphatic hydroxyl groups excluding tert-OH is 2. The van der Waals surface area contributed by atoms with Crippen LogP contribution in [0.5, 0.6) is 0 Å². The molecule has 0 aliphatic carbocycles. The van der Waals surface area contributed by atoms with Gasteiger partial charge in [-0.3, -0.25) is 9.59 Å². The lowest BCUT2D eigenvalue weighted by molar-refractivity contribution is -0.143. The number of ether oxygens (including phenoxy) is 2. The molecule has 0 bridgehead atoms. The molecule has 2 aromatic rings. The minimum absolute atomic E-state index is 0.101. The summed E-state index contributed by atoms with van der Waals surface area (Å²) in [6, 6.07) is 10.2. The van der Waals surface area contributed by atoms with Gasteiger partial charge in [-0.2, -0.15) is 0 Å².